The van der Waals surface area contributed by atoms with Crippen LogP contribution >= 0.6 is 0 Å². The lowest BCUT2D eigenvalue weighted by Crippen LogP contribution is -2.00. The first-order chi connectivity index (χ1) is 8.31. The maximum atomic E-state index is 11.4. The second kappa shape index (κ2) is 5.67. The molecule has 0 saturated carbocycles. The Kier molecular flexibility index (Phi) is 3.97. The van der Waals surface area contributed by atoms with Crippen LogP contribution in [0.15, 0.2) is 39.5 Å². The summed E-state index contributed by atoms with van der Waals surface area (Å²) in [6.45, 7) is 2.20. The summed E-state index contributed by atoms with van der Waals surface area (Å²) in [4.78, 5) is 11.4. The Morgan fingerprint density at radius 1 is 1.12 bits per heavy atom. The van der Waals surface area contributed by atoms with Crippen LogP contribution in [0.25, 0.3) is 11.0 Å². The number of hydrogen-bond donors (Lipinski definition) is 0. The van der Waals surface area contributed by atoms with Crippen LogP contribution in [-0.4, -0.2) is 0 Å². The molecule has 0 aliphatic heterocycles. The Morgan fingerprint density at radius 3 is 2.76 bits per heavy atom. The van der Waals surface area contributed by atoms with Gasteiger partial charge in [-0.1, -0.05) is 44.4 Å². The summed E-state index contributed by atoms with van der Waals surface area (Å²) >= 11 is 0. The van der Waals surface area contributed by atoms with Gasteiger partial charge >= 0.3 is 5.63 Å². The predicted molar refractivity (Wildman–Crippen MR) is 70.3 cm³/mol. The van der Waals surface area contributed by atoms with E-state index in [-0.39, 0.29) is 5.63 Å². The molecular weight excluding hydrogens is 212 g/mol. The summed E-state index contributed by atoms with van der Waals surface area (Å²) in [5.74, 6) is 0. The Bertz CT molecular complexity index is 540. The van der Waals surface area contributed by atoms with Crippen LogP contribution in [-0.2, 0) is 6.42 Å². The van der Waals surface area contributed by atoms with E-state index < -0.39 is 0 Å². The largest absolute Gasteiger partial charge is 0.423 e. The molecule has 1 aromatic carbocycles. The molecule has 1 aromatic heterocycles. The molecule has 0 amide bonds. The zero-order chi connectivity index (χ0) is 12.1. The zero-order valence-electron chi connectivity index (χ0n) is 10.2. The highest BCUT2D eigenvalue weighted by atomic mass is 16.4. The van der Waals surface area contributed by atoms with E-state index in [1.54, 1.807) is 6.07 Å². The van der Waals surface area contributed by atoms with E-state index in [1.165, 1.54) is 19.3 Å². The summed E-state index contributed by atoms with van der Waals surface area (Å²) in [6, 6.07) is 9.39. The fraction of sp³-hybridized carbons (Fsp3) is 0.400. The minimum Gasteiger partial charge on any atom is -0.423 e. The highest BCUT2D eigenvalue weighted by Gasteiger charge is 2.04. The van der Waals surface area contributed by atoms with Crippen molar-refractivity contribution < 1.29 is 4.42 Å². The predicted octanol–water partition coefficient (Wildman–Crippen LogP) is 3.92. The van der Waals surface area contributed by atoms with Gasteiger partial charge < -0.3 is 4.42 Å². The normalized spacial score (nSPS) is 10.9. The molecule has 0 bridgehead atoms. The topological polar surface area (TPSA) is 30.2 Å². The summed E-state index contributed by atoms with van der Waals surface area (Å²) in [6.07, 6.45) is 5.83. The molecule has 2 rings (SSSR count). The van der Waals surface area contributed by atoms with E-state index in [1.807, 2.05) is 24.3 Å². The van der Waals surface area contributed by atoms with Gasteiger partial charge in [0.25, 0.3) is 0 Å². The van der Waals surface area contributed by atoms with Crippen molar-refractivity contribution in [3.05, 3.63) is 46.3 Å². The van der Waals surface area contributed by atoms with Crippen molar-refractivity contribution >= 4 is 11.0 Å². The molecule has 2 nitrogen and oxygen atoms in total. The highest BCUT2D eigenvalue weighted by molar-refractivity contribution is 5.79. The fourth-order valence-corrected chi connectivity index (χ4v) is 2.13. The number of hydrogen-bond acceptors (Lipinski definition) is 2. The van der Waals surface area contributed by atoms with E-state index in [0.717, 1.165) is 23.8 Å². The Balaban J connectivity index is 2.23. The number of rotatable bonds is 5. The van der Waals surface area contributed by atoms with Gasteiger partial charge in [0, 0.05) is 11.5 Å². The molecular formula is C15H18O2. The summed E-state index contributed by atoms with van der Waals surface area (Å²) < 4.78 is 5.17. The van der Waals surface area contributed by atoms with Gasteiger partial charge in [-0.25, -0.2) is 4.79 Å². The summed E-state index contributed by atoms with van der Waals surface area (Å²) in [5, 5.41) is 1.07. The van der Waals surface area contributed by atoms with Crippen LogP contribution in [0.2, 0.25) is 0 Å². The number of aryl methyl sites for hydroxylation is 1. The van der Waals surface area contributed by atoms with Crippen molar-refractivity contribution in [3.8, 4) is 0 Å². The summed E-state index contributed by atoms with van der Waals surface area (Å²) in [5.41, 5.74) is 1.58. The van der Waals surface area contributed by atoms with Gasteiger partial charge in [0.15, 0.2) is 0 Å². The molecule has 0 radical (unpaired) electrons. The average molecular weight is 230 g/mol. The molecule has 2 aromatic rings. The Hall–Kier alpha value is -1.57. The van der Waals surface area contributed by atoms with Crippen LogP contribution in [0.3, 0.4) is 0 Å². The molecule has 0 saturated heterocycles. The second-order valence-electron chi connectivity index (χ2n) is 4.40. The SMILES string of the molecule is CCCCCCc1cc(=O)oc2ccccc12. The number of benzene rings is 1. The van der Waals surface area contributed by atoms with E-state index in [4.69, 9.17) is 4.42 Å². The van der Waals surface area contributed by atoms with E-state index >= 15 is 0 Å². The van der Waals surface area contributed by atoms with Crippen LogP contribution in [0.1, 0.15) is 38.2 Å². The smallest absolute Gasteiger partial charge is 0.336 e. The molecule has 0 spiro atoms. The highest BCUT2D eigenvalue weighted by Crippen LogP contribution is 2.18. The maximum Gasteiger partial charge on any atom is 0.336 e. The maximum absolute atomic E-state index is 11.4. The van der Waals surface area contributed by atoms with Crippen LogP contribution in [0, 0.1) is 0 Å². The van der Waals surface area contributed by atoms with E-state index in [9.17, 15) is 4.79 Å². The first-order valence-corrected chi connectivity index (χ1v) is 6.33. The fourth-order valence-electron chi connectivity index (χ4n) is 2.13. The molecule has 17 heavy (non-hydrogen) atoms. The molecule has 90 valence electrons. The van der Waals surface area contributed by atoms with Crippen molar-refractivity contribution in [2.24, 2.45) is 0 Å². The minimum atomic E-state index is -0.241. The lowest BCUT2D eigenvalue weighted by Gasteiger charge is -2.04. The second-order valence-corrected chi connectivity index (χ2v) is 4.40. The standard InChI is InChI=1S/C15H18O2/c1-2-3-4-5-8-12-11-15(16)17-14-10-7-6-9-13(12)14/h6-7,9-11H,2-5,8H2,1H3. The van der Waals surface area contributed by atoms with Gasteiger partial charge in [-0.15, -0.1) is 0 Å². The molecule has 0 atom stereocenters. The van der Waals surface area contributed by atoms with Crippen molar-refractivity contribution in [2.75, 3.05) is 0 Å². The molecule has 2 heteroatoms. The third-order valence-electron chi connectivity index (χ3n) is 3.04. The number of para-hydroxylation sites is 1. The van der Waals surface area contributed by atoms with Gasteiger partial charge in [0.1, 0.15) is 5.58 Å². The molecule has 0 fully saturated rings. The third-order valence-corrected chi connectivity index (χ3v) is 3.04. The van der Waals surface area contributed by atoms with Crippen LogP contribution in [0.4, 0.5) is 0 Å². The lowest BCUT2D eigenvalue weighted by atomic mass is 10.0. The molecule has 0 N–H and O–H groups in total. The van der Waals surface area contributed by atoms with Crippen molar-refractivity contribution in [3.63, 3.8) is 0 Å². The third kappa shape index (κ3) is 2.96. The van der Waals surface area contributed by atoms with E-state index in [2.05, 4.69) is 6.92 Å². The van der Waals surface area contributed by atoms with Crippen molar-refractivity contribution in [1.82, 2.24) is 0 Å². The number of unbranched alkanes of at least 4 members (excludes halogenated alkanes) is 3. The van der Waals surface area contributed by atoms with Gasteiger partial charge in [-0.3, -0.25) is 0 Å². The quantitative estimate of drug-likeness (QED) is 0.575. The molecule has 0 aliphatic rings. The lowest BCUT2D eigenvalue weighted by molar-refractivity contribution is 0.557. The average Bonchev–Trinajstić information content (AvgIpc) is 2.34. The Labute approximate surface area is 101 Å². The van der Waals surface area contributed by atoms with Gasteiger partial charge in [-0.2, -0.15) is 0 Å². The van der Waals surface area contributed by atoms with E-state index in [0.29, 0.717) is 5.58 Å². The van der Waals surface area contributed by atoms with Crippen molar-refractivity contribution in [2.45, 2.75) is 39.0 Å². The zero-order valence-corrected chi connectivity index (χ0v) is 10.2. The first kappa shape index (κ1) is 11.9. The van der Waals surface area contributed by atoms with Gasteiger partial charge in [0.2, 0.25) is 0 Å². The molecule has 1 heterocycles. The van der Waals surface area contributed by atoms with Crippen LogP contribution < -0.4 is 5.63 Å². The van der Waals surface area contributed by atoms with Crippen LogP contribution in [0.5, 0.6) is 0 Å². The first-order valence-electron chi connectivity index (χ1n) is 6.33. The van der Waals surface area contributed by atoms with Crippen molar-refractivity contribution in [1.29, 1.82) is 0 Å². The molecule has 0 aliphatic carbocycles. The van der Waals surface area contributed by atoms with Gasteiger partial charge in [-0.05, 0) is 24.5 Å². The summed E-state index contributed by atoms with van der Waals surface area (Å²) in [7, 11) is 0. The Morgan fingerprint density at radius 2 is 1.94 bits per heavy atom. The monoisotopic (exact) mass is 230 g/mol. The minimum absolute atomic E-state index is 0.241. The van der Waals surface area contributed by atoms with Gasteiger partial charge in [0.05, 0.1) is 0 Å². The number of fused-ring (bicyclic) bond motifs is 1. The molecule has 0 unspecified atom stereocenters.